The van der Waals surface area contributed by atoms with Crippen molar-refractivity contribution in [3.63, 3.8) is 0 Å². The van der Waals surface area contributed by atoms with Crippen LogP contribution in [0.2, 0.25) is 15.6 Å². The van der Waals surface area contributed by atoms with Gasteiger partial charge in [0.1, 0.15) is 5.75 Å². The minimum absolute atomic E-state index is 0.198. The highest BCUT2D eigenvalue weighted by Gasteiger charge is 2.67. The van der Waals surface area contributed by atoms with Crippen molar-refractivity contribution in [2.75, 3.05) is 13.7 Å². The van der Waals surface area contributed by atoms with Crippen molar-refractivity contribution in [1.82, 2.24) is 0 Å². The number of methoxy groups -OCH3 is 1. The minimum Gasteiger partial charge on any atom is -0.497 e. The Morgan fingerprint density at radius 3 is 2.19 bits per heavy atom. The van der Waals surface area contributed by atoms with Crippen molar-refractivity contribution in [1.29, 1.82) is 0 Å². The smallest absolute Gasteiger partial charge is 0.209 e. The highest BCUT2D eigenvalue weighted by Crippen LogP contribution is 2.66. The topological polar surface area (TPSA) is 27.7 Å². The van der Waals surface area contributed by atoms with Crippen LogP contribution in [-0.2, 0) is 15.8 Å². The van der Waals surface area contributed by atoms with Gasteiger partial charge in [0.2, 0.25) is 8.32 Å². The third kappa shape index (κ3) is 3.73. The van der Waals surface area contributed by atoms with Crippen molar-refractivity contribution < 1.29 is 13.9 Å². The molecule has 1 heterocycles. The van der Waals surface area contributed by atoms with E-state index >= 15 is 0 Å². The summed E-state index contributed by atoms with van der Waals surface area (Å²) in [6, 6.07) is 8.21. The number of rotatable bonds is 5. The SMILES string of the molecule is COc1ccc(COC[C@H]2[C@H]3CCC[C@H]3O[Si]2(C(C)(C)C)C(C)(C)C)cc1. The molecular weight excluding hydrogens is 352 g/mol. The lowest BCUT2D eigenvalue weighted by atomic mass is 10.0. The van der Waals surface area contributed by atoms with Gasteiger partial charge in [0.15, 0.2) is 0 Å². The van der Waals surface area contributed by atoms with Gasteiger partial charge in [0.25, 0.3) is 0 Å². The van der Waals surface area contributed by atoms with Gasteiger partial charge in [-0.05, 0) is 46.5 Å². The summed E-state index contributed by atoms with van der Waals surface area (Å²) in [5.74, 6) is 1.58. The molecule has 0 radical (unpaired) electrons. The first-order valence-electron chi connectivity index (χ1n) is 10.5. The molecule has 0 N–H and O–H groups in total. The van der Waals surface area contributed by atoms with E-state index in [9.17, 15) is 0 Å². The number of ether oxygens (including phenoxy) is 2. The van der Waals surface area contributed by atoms with Gasteiger partial charge in [-0.25, -0.2) is 0 Å². The van der Waals surface area contributed by atoms with E-state index < -0.39 is 8.32 Å². The number of hydrogen-bond donors (Lipinski definition) is 0. The van der Waals surface area contributed by atoms with Gasteiger partial charge in [0, 0.05) is 11.6 Å². The molecule has 2 aliphatic rings. The largest absolute Gasteiger partial charge is 0.497 e. The molecule has 27 heavy (non-hydrogen) atoms. The molecule has 3 rings (SSSR count). The lowest BCUT2D eigenvalue weighted by molar-refractivity contribution is 0.105. The number of hydrogen-bond acceptors (Lipinski definition) is 3. The van der Waals surface area contributed by atoms with Crippen LogP contribution in [0.15, 0.2) is 24.3 Å². The van der Waals surface area contributed by atoms with Crippen LogP contribution in [0.5, 0.6) is 5.75 Å². The van der Waals surface area contributed by atoms with Crippen molar-refractivity contribution >= 4 is 8.32 Å². The Kier molecular flexibility index (Phi) is 5.82. The Bertz CT molecular complexity index is 613. The average Bonchev–Trinajstić information content (AvgIpc) is 3.14. The summed E-state index contributed by atoms with van der Waals surface area (Å²) >= 11 is 0. The van der Waals surface area contributed by atoms with Crippen molar-refractivity contribution in [2.24, 2.45) is 5.92 Å². The first-order chi connectivity index (χ1) is 12.6. The zero-order valence-electron chi connectivity index (χ0n) is 18.3. The van der Waals surface area contributed by atoms with Gasteiger partial charge in [-0.3, -0.25) is 0 Å². The van der Waals surface area contributed by atoms with Gasteiger partial charge in [-0.2, -0.15) is 0 Å². The molecule has 0 amide bonds. The van der Waals surface area contributed by atoms with Crippen LogP contribution in [-0.4, -0.2) is 28.1 Å². The van der Waals surface area contributed by atoms with Gasteiger partial charge in [-0.15, -0.1) is 0 Å². The maximum atomic E-state index is 7.09. The van der Waals surface area contributed by atoms with Crippen LogP contribution in [0.4, 0.5) is 0 Å². The summed E-state index contributed by atoms with van der Waals surface area (Å²) < 4.78 is 18.7. The zero-order chi connectivity index (χ0) is 19.9. The molecule has 1 aromatic rings. The second-order valence-electron chi connectivity index (χ2n) is 10.5. The average molecular weight is 391 g/mol. The fourth-order valence-electron chi connectivity index (χ4n) is 6.05. The van der Waals surface area contributed by atoms with Crippen LogP contribution in [0.3, 0.4) is 0 Å². The molecule has 3 atom stereocenters. The van der Waals surface area contributed by atoms with Gasteiger partial charge in [0.05, 0.1) is 20.3 Å². The molecule has 1 aromatic carbocycles. The van der Waals surface area contributed by atoms with Crippen LogP contribution >= 0.6 is 0 Å². The normalized spacial score (nSPS) is 27.6. The quantitative estimate of drug-likeness (QED) is 0.550. The van der Waals surface area contributed by atoms with E-state index in [1.807, 2.05) is 12.1 Å². The zero-order valence-corrected chi connectivity index (χ0v) is 19.3. The lowest BCUT2D eigenvalue weighted by Crippen LogP contribution is -2.56. The van der Waals surface area contributed by atoms with E-state index in [4.69, 9.17) is 13.9 Å². The van der Waals surface area contributed by atoms with Crippen LogP contribution in [0.1, 0.15) is 66.4 Å². The van der Waals surface area contributed by atoms with Gasteiger partial charge in [-0.1, -0.05) is 60.1 Å². The number of benzene rings is 1. The van der Waals surface area contributed by atoms with Crippen LogP contribution in [0, 0.1) is 5.92 Å². The predicted molar refractivity (Wildman–Crippen MR) is 114 cm³/mol. The summed E-state index contributed by atoms with van der Waals surface area (Å²) in [6.07, 6.45) is 4.32. The maximum absolute atomic E-state index is 7.09. The lowest BCUT2D eigenvalue weighted by Gasteiger charge is -2.52. The molecule has 2 fully saturated rings. The monoisotopic (exact) mass is 390 g/mol. The molecule has 0 bridgehead atoms. The molecule has 0 unspecified atom stereocenters. The maximum Gasteiger partial charge on any atom is 0.209 e. The second-order valence-corrected chi connectivity index (χ2v) is 15.9. The molecule has 1 saturated heterocycles. The molecule has 1 aliphatic carbocycles. The van der Waals surface area contributed by atoms with Gasteiger partial charge >= 0.3 is 0 Å². The van der Waals surface area contributed by atoms with Crippen molar-refractivity contribution in [2.45, 2.75) is 89.1 Å². The second kappa shape index (κ2) is 7.53. The van der Waals surface area contributed by atoms with Gasteiger partial charge < -0.3 is 13.9 Å². The van der Waals surface area contributed by atoms with E-state index in [0.717, 1.165) is 12.4 Å². The van der Waals surface area contributed by atoms with Crippen molar-refractivity contribution in [3.05, 3.63) is 29.8 Å². The molecule has 152 valence electrons. The Morgan fingerprint density at radius 2 is 1.63 bits per heavy atom. The summed E-state index contributed by atoms with van der Waals surface area (Å²) in [4.78, 5) is 0. The minimum atomic E-state index is -2.06. The molecule has 1 aliphatic heterocycles. The highest BCUT2D eigenvalue weighted by molar-refractivity contribution is 6.81. The highest BCUT2D eigenvalue weighted by atomic mass is 28.4. The fraction of sp³-hybridized carbons (Fsp3) is 0.739. The first kappa shape index (κ1) is 20.9. The summed E-state index contributed by atoms with van der Waals surface area (Å²) in [7, 11) is -0.358. The Labute approximate surface area is 166 Å². The van der Waals surface area contributed by atoms with E-state index in [1.165, 1.54) is 24.8 Å². The van der Waals surface area contributed by atoms with E-state index in [1.54, 1.807) is 7.11 Å². The third-order valence-corrected chi connectivity index (χ3v) is 13.6. The Hall–Kier alpha value is -0.843. The molecule has 0 spiro atoms. The summed E-state index contributed by atoms with van der Waals surface area (Å²) in [5.41, 5.74) is 1.78. The third-order valence-electron chi connectivity index (χ3n) is 6.83. The Morgan fingerprint density at radius 1 is 1.00 bits per heavy atom. The number of fused-ring (bicyclic) bond motifs is 1. The summed E-state index contributed by atoms with van der Waals surface area (Å²) in [5, 5.41) is 0.396. The summed E-state index contributed by atoms with van der Waals surface area (Å²) in [6.45, 7) is 15.9. The Balaban J connectivity index is 1.78. The molecule has 4 heteroatoms. The van der Waals surface area contributed by atoms with E-state index in [2.05, 4.69) is 53.7 Å². The van der Waals surface area contributed by atoms with Crippen LogP contribution < -0.4 is 4.74 Å². The van der Waals surface area contributed by atoms with E-state index in [0.29, 0.717) is 24.2 Å². The van der Waals surface area contributed by atoms with Crippen molar-refractivity contribution in [3.8, 4) is 5.75 Å². The van der Waals surface area contributed by atoms with Crippen LogP contribution in [0.25, 0.3) is 0 Å². The fourth-order valence-corrected chi connectivity index (χ4v) is 13.5. The van der Waals surface area contributed by atoms with E-state index in [-0.39, 0.29) is 10.1 Å². The standard InChI is InChI=1S/C23H38O3Si/c1-22(2,3)27(23(4,5)6)21(19-9-8-10-20(19)26-27)16-25-15-17-11-13-18(24-7)14-12-17/h11-14,19-21H,8-10,15-16H2,1-7H3/t19-,20+,21-/m0/s1. The molecule has 0 aromatic heterocycles. The molecular formula is C23H38O3Si. The molecule has 1 saturated carbocycles. The molecule has 3 nitrogen and oxygen atoms in total. The predicted octanol–water partition coefficient (Wildman–Crippen LogP) is 6.33. The first-order valence-corrected chi connectivity index (χ1v) is 12.5.